The molecule has 5 rings (SSSR count). The van der Waals surface area contributed by atoms with Crippen molar-refractivity contribution in [3.05, 3.63) is 59.8 Å². The molecule has 29 heavy (non-hydrogen) atoms. The van der Waals surface area contributed by atoms with E-state index >= 15 is 0 Å². The Labute approximate surface area is 168 Å². The fourth-order valence-electron chi connectivity index (χ4n) is 4.24. The summed E-state index contributed by atoms with van der Waals surface area (Å²) in [5.41, 5.74) is 3.07. The maximum atomic E-state index is 9.93. The molecule has 2 aromatic heterocycles. The number of aromatic hydroxyl groups is 1. The predicted octanol–water partition coefficient (Wildman–Crippen LogP) is 2.02. The Balaban J connectivity index is 1.44. The number of phenolic OH excluding ortho intramolecular Hbond substituents is 1. The van der Waals surface area contributed by atoms with Gasteiger partial charge in [-0.15, -0.1) is 0 Å². The number of hydrogen-bond acceptors (Lipinski definition) is 7. The summed E-state index contributed by atoms with van der Waals surface area (Å²) < 4.78 is 0. The third kappa shape index (κ3) is 3.51. The highest BCUT2D eigenvalue weighted by Gasteiger charge is 2.31. The van der Waals surface area contributed by atoms with Crippen LogP contribution in [-0.4, -0.2) is 55.9 Å². The van der Waals surface area contributed by atoms with Gasteiger partial charge in [0.25, 0.3) is 0 Å². The first-order valence-electron chi connectivity index (χ1n) is 9.99. The summed E-state index contributed by atoms with van der Waals surface area (Å²) >= 11 is 0. The van der Waals surface area contributed by atoms with E-state index in [1.54, 1.807) is 24.7 Å². The summed E-state index contributed by atoms with van der Waals surface area (Å²) in [5.74, 6) is 1.85. The first kappa shape index (κ1) is 17.9. The van der Waals surface area contributed by atoms with E-state index in [1.807, 2.05) is 18.2 Å². The predicted molar refractivity (Wildman–Crippen MR) is 109 cm³/mol. The molecule has 3 N–H and O–H groups in total. The van der Waals surface area contributed by atoms with Gasteiger partial charge in [-0.2, -0.15) is 4.98 Å². The number of aliphatic hydroxyl groups is 1. The van der Waals surface area contributed by atoms with E-state index in [1.165, 1.54) is 0 Å². The number of rotatable bonds is 3. The standard InChI is InChI=1S/C21H24N6O2/c28-15-5-8-26(9-6-15)19-4-7-22-21(25-19)27-11-17(14-2-1-3-16(29)10-14)20-18(12-27)23-13-24-20/h1-4,7,10,13,15,17,28-29H,5-6,8-9,11-12H2,(H,23,24). The Bertz CT molecular complexity index is 998. The van der Waals surface area contributed by atoms with Crippen molar-refractivity contribution in [3.63, 3.8) is 0 Å². The van der Waals surface area contributed by atoms with Gasteiger partial charge in [-0.05, 0) is 36.6 Å². The highest BCUT2D eigenvalue weighted by molar-refractivity contribution is 5.48. The Kier molecular flexibility index (Phi) is 4.55. The molecule has 1 atom stereocenters. The first-order chi connectivity index (χ1) is 14.2. The van der Waals surface area contributed by atoms with Crippen LogP contribution >= 0.6 is 0 Å². The van der Waals surface area contributed by atoms with Crippen LogP contribution in [-0.2, 0) is 6.54 Å². The summed E-state index contributed by atoms with van der Waals surface area (Å²) in [6, 6.07) is 9.28. The van der Waals surface area contributed by atoms with Crippen molar-refractivity contribution in [1.82, 2.24) is 19.9 Å². The molecule has 2 aliphatic heterocycles. The quantitative estimate of drug-likeness (QED) is 0.627. The Morgan fingerprint density at radius 1 is 1.07 bits per heavy atom. The molecule has 3 aromatic rings. The Morgan fingerprint density at radius 3 is 2.76 bits per heavy atom. The smallest absolute Gasteiger partial charge is 0.227 e. The van der Waals surface area contributed by atoms with Crippen molar-refractivity contribution in [1.29, 1.82) is 0 Å². The van der Waals surface area contributed by atoms with Crippen LogP contribution in [0.15, 0.2) is 42.9 Å². The zero-order valence-electron chi connectivity index (χ0n) is 16.1. The van der Waals surface area contributed by atoms with Gasteiger partial charge in [0.1, 0.15) is 11.6 Å². The van der Waals surface area contributed by atoms with E-state index in [9.17, 15) is 10.2 Å². The first-order valence-corrected chi connectivity index (χ1v) is 9.99. The number of nitrogens with zero attached hydrogens (tertiary/aromatic N) is 5. The topological polar surface area (TPSA) is 101 Å². The minimum Gasteiger partial charge on any atom is -0.508 e. The average Bonchev–Trinajstić information content (AvgIpc) is 3.22. The number of anilines is 2. The number of aliphatic hydroxyl groups excluding tert-OH is 1. The van der Waals surface area contributed by atoms with Crippen molar-refractivity contribution >= 4 is 11.8 Å². The lowest BCUT2D eigenvalue weighted by atomic mass is 9.91. The molecule has 2 aliphatic rings. The second-order valence-electron chi connectivity index (χ2n) is 7.73. The van der Waals surface area contributed by atoms with Crippen LogP contribution in [0.25, 0.3) is 0 Å². The van der Waals surface area contributed by atoms with E-state index in [0.717, 1.165) is 48.7 Å². The lowest BCUT2D eigenvalue weighted by Crippen LogP contribution is -2.38. The van der Waals surface area contributed by atoms with E-state index in [-0.39, 0.29) is 17.8 Å². The minimum atomic E-state index is -0.212. The molecule has 150 valence electrons. The second-order valence-corrected chi connectivity index (χ2v) is 7.73. The molecule has 1 saturated heterocycles. The van der Waals surface area contributed by atoms with Gasteiger partial charge in [0, 0.05) is 31.7 Å². The molecule has 0 aliphatic carbocycles. The van der Waals surface area contributed by atoms with Gasteiger partial charge in [0.2, 0.25) is 5.95 Å². The van der Waals surface area contributed by atoms with Crippen LogP contribution in [0.1, 0.15) is 35.7 Å². The van der Waals surface area contributed by atoms with E-state index in [2.05, 4.69) is 24.8 Å². The molecular formula is C21H24N6O2. The lowest BCUT2D eigenvalue weighted by molar-refractivity contribution is 0.145. The highest BCUT2D eigenvalue weighted by atomic mass is 16.3. The van der Waals surface area contributed by atoms with Crippen molar-refractivity contribution in [2.75, 3.05) is 29.4 Å². The van der Waals surface area contributed by atoms with Gasteiger partial charge in [-0.25, -0.2) is 9.97 Å². The van der Waals surface area contributed by atoms with Crippen molar-refractivity contribution in [2.45, 2.75) is 31.4 Å². The molecule has 0 saturated carbocycles. The minimum absolute atomic E-state index is 0.0227. The van der Waals surface area contributed by atoms with Crippen LogP contribution < -0.4 is 9.80 Å². The number of H-pyrrole nitrogens is 1. The third-order valence-electron chi connectivity index (χ3n) is 5.81. The van der Waals surface area contributed by atoms with Crippen molar-refractivity contribution < 1.29 is 10.2 Å². The molecule has 0 bridgehead atoms. The number of hydrogen-bond donors (Lipinski definition) is 3. The van der Waals surface area contributed by atoms with Crippen LogP contribution in [0.5, 0.6) is 5.75 Å². The van der Waals surface area contributed by atoms with Gasteiger partial charge in [0.15, 0.2) is 0 Å². The zero-order chi connectivity index (χ0) is 19.8. The summed E-state index contributed by atoms with van der Waals surface area (Å²) in [6.45, 7) is 2.94. The van der Waals surface area contributed by atoms with Crippen LogP contribution in [0, 0.1) is 0 Å². The number of fused-ring (bicyclic) bond motifs is 1. The molecule has 1 aromatic carbocycles. The van der Waals surface area contributed by atoms with Gasteiger partial charge < -0.3 is 25.0 Å². The number of phenols is 1. The number of benzene rings is 1. The molecule has 4 heterocycles. The lowest BCUT2D eigenvalue weighted by Gasteiger charge is -2.34. The summed E-state index contributed by atoms with van der Waals surface area (Å²) in [4.78, 5) is 21.5. The maximum Gasteiger partial charge on any atom is 0.227 e. The Hall–Kier alpha value is -3.13. The SMILES string of the molecule is Oc1cccc(C2CN(c3nccc(N4CCC(O)CC4)n3)Cc3[nH]cnc32)c1. The van der Waals surface area contributed by atoms with Gasteiger partial charge in [-0.1, -0.05) is 12.1 Å². The number of imidazole rings is 1. The van der Waals surface area contributed by atoms with E-state index in [0.29, 0.717) is 19.0 Å². The Morgan fingerprint density at radius 2 is 1.93 bits per heavy atom. The number of aromatic nitrogens is 4. The van der Waals surface area contributed by atoms with Gasteiger partial charge in [-0.3, -0.25) is 0 Å². The largest absolute Gasteiger partial charge is 0.508 e. The van der Waals surface area contributed by atoms with Gasteiger partial charge >= 0.3 is 0 Å². The monoisotopic (exact) mass is 392 g/mol. The molecule has 1 fully saturated rings. The maximum absolute atomic E-state index is 9.93. The number of nitrogens with one attached hydrogen (secondary N) is 1. The molecule has 0 amide bonds. The van der Waals surface area contributed by atoms with Crippen molar-refractivity contribution in [2.24, 2.45) is 0 Å². The van der Waals surface area contributed by atoms with Crippen molar-refractivity contribution in [3.8, 4) is 5.75 Å². The summed E-state index contributed by atoms with van der Waals surface area (Å²) in [6.07, 6.45) is 4.84. The fraction of sp³-hybridized carbons (Fsp3) is 0.381. The average molecular weight is 392 g/mol. The normalized spacial score (nSPS) is 20.0. The van der Waals surface area contributed by atoms with Crippen LogP contribution in [0.4, 0.5) is 11.8 Å². The number of aromatic amines is 1. The highest BCUT2D eigenvalue weighted by Crippen LogP contribution is 2.34. The van der Waals surface area contributed by atoms with Crippen LogP contribution in [0.2, 0.25) is 0 Å². The second kappa shape index (κ2) is 7.36. The molecule has 8 nitrogen and oxygen atoms in total. The van der Waals surface area contributed by atoms with E-state index < -0.39 is 0 Å². The summed E-state index contributed by atoms with van der Waals surface area (Å²) in [5, 5.41) is 19.7. The molecular weight excluding hydrogens is 368 g/mol. The zero-order valence-corrected chi connectivity index (χ0v) is 16.1. The fourth-order valence-corrected chi connectivity index (χ4v) is 4.24. The number of piperidine rings is 1. The molecule has 1 unspecified atom stereocenters. The van der Waals surface area contributed by atoms with Crippen LogP contribution in [0.3, 0.4) is 0 Å². The van der Waals surface area contributed by atoms with E-state index in [4.69, 9.17) is 4.98 Å². The third-order valence-corrected chi connectivity index (χ3v) is 5.81. The molecule has 0 spiro atoms. The van der Waals surface area contributed by atoms with Gasteiger partial charge in [0.05, 0.1) is 30.4 Å². The summed E-state index contributed by atoms with van der Waals surface area (Å²) in [7, 11) is 0. The molecule has 8 heteroatoms. The molecule has 0 radical (unpaired) electrons.